The van der Waals surface area contributed by atoms with Gasteiger partial charge in [0.25, 0.3) is 0 Å². The van der Waals surface area contributed by atoms with E-state index < -0.39 is 27.4 Å². The molecule has 1 amide bonds. The van der Waals surface area contributed by atoms with Gasteiger partial charge in [-0.25, -0.2) is 13.8 Å². The van der Waals surface area contributed by atoms with Crippen LogP contribution in [-0.2, 0) is 15.6 Å². The zero-order chi connectivity index (χ0) is 21.0. The molecule has 8 nitrogen and oxygen atoms in total. The molecule has 3 aromatic rings. The molecule has 1 N–H and O–H groups in total. The number of benzene rings is 2. The molecule has 0 aliphatic heterocycles. The van der Waals surface area contributed by atoms with Gasteiger partial charge >= 0.3 is 11.8 Å². The van der Waals surface area contributed by atoms with Crippen LogP contribution < -0.4 is 5.43 Å². The Morgan fingerprint density at radius 3 is 2.41 bits per heavy atom. The number of nitrogens with zero attached hydrogens (tertiary/aromatic N) is 3. The molecular formula is C17H11Cl3N4O4S. The molecule has 150 valence electrons. The number of hydrogen-bond acceptors (Lipinski definition) is 7. The van der Waals surface area contributed by atoms with Crippen LogP contribution in [0.15, 0.2) is 57.0 Å². The fourth-order valence-corrected chi connectivity index (χ4v) is 3.93. The van der Waals surface area contributed by atoms with Gasteiger partial charge in [0.15, 0.2) is 15.7 Å². The lowest BCUT2D eigenvalue weighted by Crippen LogP contribution is -2.18. The molecule has 0 saturated heterocycles. The standard InChI is InChI=1S/C17H11Cl3N4O4S/c18-10-4-6-11(7-5-10)29(26,27)9-15-22-17(28-24-15)16(25)23-21-8-12-13(19)2-1-3-14(12)20/h1-8H,9H2,(H,23,25). The summed E-state index contributed by atoms with van der Waals surface area (Å²) in [6.45, 7) is 0. The number of nitrogens with one attached hydrogen (secondary N) is 1. The lowest BCUT2D eigenvalue weighted by Gasteiger charge is -2.01. The minimum atomic E-state index is -3.74. The Labute approximate surface area is 180 Å². The van der Waals surface area contributed by atoms with Gasteiger partial charge in [0.1, 0.15) is 5.75 Å². The third kappa shape index (κ3) is 5.33. The molecule has 0 saturated carbocycles. The number of sulfone groups is 1. The normalized spacial score (nSPS) is 11.7. The predicted octanol–water partition coefficient (Wildman–Crippen LogP) is 3.77. The highest BCUT2D eigenvalue weighted by atomic mass is 35.5. The summed E-state index contributed by atoms with van der Waals surface area (Å²) in [5.74, 6) is -2.01. The Morgan fingerprint density at radius 1 is 1.10 bits per heavy atom. The van der Waals surface area contributed by atoms with Gasteiger partial charge in [-0.2, -0.15) is 10.1 Å². The highest BCUT2D eigenvalue weighted by molar-refractivity contribution is 7.90. The lowest BCUT2D eigenvalue weighted by molar-refractivity contribution is 0.0911. The molecular weight excluding hydrogens is 463 g/mol. The van der Waals surface area contributed by atoms with Crippen LogP contribution in [0.4, 0.5) is 0 Å². The van der Waals surface area contributed by atoms with Gasteiger partial charge in [-0.3, -0.25) is 4.79 Å². The van der Waals surface area contributed by atoms with Crippen LogP contribution in [0.5, 0.6) is 0 Å². The summed E-state index contributed by atoms with van der Waals surface area (Å²) >= 11 is 17.7. The minimum absolute atomic E-state index is 0.0407. The van der Waals surface area contributed by atoms with Crippen molar-refractivity contribution in [1.29, 1.82) is 0 Å². The first-order chi connectivity index (χ1) is 13.8. The van der Waals surface area contributed by atoms with E-state index in [0.717, 1.165) is 0 Å². The van der Waals surface area contributed by atoms with Crippen molar-refractivity contribution in [3.8, 4) is 0 Å². The Kier molecular flexibility index (Phi) is 6.53. The first-order valence-electron chi connectivity index (χ1n) is 7.84. The van der Waals surface area contributed by atoms with E-state index in [2.05, 4.69) is 20.7 Å². The van der Waals surface area contributed by atoms with Crippen molar-refractivity contribution in [3.05, 3.63) is 74.8 Å². The largest absolute Gasteiger partial charge is 0.329 e. The zero-order valence-corrected chi connectivity index (χ0v) is 17.4. The van der Waals surface area contributed by atoms with E-state index >= 15 is 0 Å². The number of rotatable bonds is 6. The van der Waals surface area contributed by atoms with E-state index in [1.165, 1.54) is 30.5 Å². The molecule has 0 fully saturated rings. The Balaban J connectivity index is 1.67. The van der Waals surface area contributed by atoms with E-state index in [4.69, 9.17) is 39.3 Å². The molecule has 1 aromatic heterocycles. The molecule has 0 radical (unpaired) electrons. The second-order valence-corrected chi connectivity index (χ2v) is 8.80. The Bertz CT molecular complexity index is 1160. The van der Waals surface area contributed by atoms with Crippen molar-refractivity contribution in [3.63, 3.8) is 0 Å². The summed E-state index contributed by atoms with van der Waals surface area (Å²) in [6.07, 6.45) is 1.25. The van der Waals surface area contributed by atoms with Crippen LogP contribution in [0.2, 0.25) is 15.1 Å². The second kappa shape index (κ2) is 8.91. The maximum Gasteiger partial charge on any atom is 0.329 e. The van der Waals surface area contributed by atoms with Gasteiger partial charge in [0, 0.05) is 10.6 Å². The fraction of sp³-hybridized carbons (Fsp3) is 0.0588. The quantitative estimate of drug-likeness (QED) is 0.430. The van der Waals surface area contributed by atoms with Gasteiger partial charge < -0.3 is 4.52 Å². The van der Waals surface area contributed by atoms with E-state index in [0.29, 0.717) is 20.6 Å². The number of amides is 1. The summed E-state index contributed by atoms with van der Waals surface area (Å²) < 4.78 is 29.5. The first kappa shape index (κ1) is 21.3. The average Bonchev–Trinajstić information content (AvgIpc) is 3.12. The molecule has 0 aliphatic carbocycles. The molecule has 0 atom stereocenters. The van der Waals surface area contributed by atoms with Crippen molar-refractivity contribution < 1.29 is 17.7 Å². The molecule has 29 heavy (non-hydrogen) atoms. The van der Waals surface area contributed by atoms with Gasteiger partial charge in [0.2, 0.25) is 0 Å². The summed E-state index contributed by atoms with van der Waals surface area (Å²) in [6, 6.07) is 10.5. The highest BCUT2D eigenvalue weighted by Crippen LogP contribution is 2.22. The van der Waals surface area contributed by atoms with Gasteiger partial charge in [-0.1, -0.05) is 46.0 Å². The van der Waals surface area contributed by atoms with E-state index in [-0.39, 0.29) is 10.7 Å². The summed E-state index contributed by atoms with van der Waals surface area (Å²) in [5, 5.41) is 8.34. The zero-order valence-electron chi connectivity index (χ0n) is 14.3. The van der Waals surface area contributed by atoms with Crippen LogP contribution in [0, 0.1) is 0 Å². The number of carbonyl (C=O) groups excluding carboxylic acids is 1. The van der Waals surface area contributed by atoms with Gasteiger partial charge in [-0.05, 0) is 36.4 Å². The third-order valence-corrected chi connectivity index (χ3v) is 6.05. The van der Waals surface area contributed by atoms with Crippen LogP contribution in [0.3, 0.4) is 0 Å². The molecule has 1 heterocycles. The van der Waals surface area contributed by atoms with Gasteiger partial charge in [0.05, 0.1) is 21.2 Å². The number of aromatic nitrogens is 2. The summed E-state index contributed by atoms with van der Waals surface area (Å²) in [4.78, 5) is 15.9. The smallest absolute Gasteiger partial charge is 0.328 e. The van der Waals surface area contributed by atoms with Crippen molar-refractivity contribution in [2.75, 3.05) is 0 Å². The van der Waals surface area contributed by atoms with Crippen molar-refractivity contribution >= 4 is 56.8 Å². The SMILES string of the molecule is O=C(NN=Cc1c(Cl)cccc1Cl)c1nc(CS(=O)(=O)c2ccc(Cl)cc2)no1. The average molecular weight is 474 g/mol. The van der Waals surface area contributed by atoms with Crippen molar-refractivity contribution in [2.45, 2.75) is 10.6 Å². The minimum Gasteiger partial charge on any atom is -0.328 e. The molecule has 2 aromatic carbocycles. The van der Waals surface area contributed by atoms with E-state index in [1.54, 1.807) is 18.2 Å². The maximum atomic E-state index is 12.4. The third-order valence-electron chi connectivity index (χ3n) is 3.51. The Hall–Kier alpha value is -2.46. The van der Waals surface area contributed by atoms with Crippen LogP contribution in [0.25, 0.3) is 0 Å². The molecule has 0 aliphatic rings. The van der Waals surface area contributed by atoms with Crippen LogP contribution >= 0.6 is 34.8 Å². The number of carbonyl (C=O) groups is 1. The lowest BCUT2D eigenvalue weighted by atomic mass is 10.2. The summed E-state index contributed by atoms with van der Waals surface area (Å²) in [7, 11) is -3.74. The van der Waals surface area contributed by atoms with E-state index in [1.807, 2.05) is 0 Å². The molecule has 0 unspecified atom stereocenters. The van der Waals surface area contributed by atoms with Crippen molar-refractivity contribution in [1.82, 2.24) is 15.6 Å². The van der Waals surface area contributed by atoms with Crippen LogP contribution in [-0.4, -0.2) is 30.7 Å². The molecule has 0 spiro atoms. The second-order valence-electron chi connectivity index (χ2n) is 5.56. The topological polar surface area (TPSA) is 115 Å². The van der Waals surface area contributed by atoms with E-state index in [9.17, 15) is 13.2 Å². The molecule has 12 heteroatoms. The predicted molar refractivity (Wildman–Crippen MR) is 108 cm³/mol. The monoisotopic (exact) mass is 472 g/mol. The first-order valence-corrected chi connectivity index (χ1v) is 10.6. The Morgan fingerprint density at radius 2 is 1.76 bits per heavy atom. The summed E-state index contributed by atoms with van der Waals surface area (Å²) in [5.41, 5.74) is 2.58. The fourth-order valence-electron chi connectivity index (χ4n) is 2.14. The number of hydrazone groups is 1. The number of halogens is 3. The van der Waals surface area contributed by atoms with Crippen LogP contribution in [0.1, 0.15) is 22.1 Å². The van der Waals surface area contributed by atoms with Gasteiger partial charge in [-0.15, -0.1) is 0 Å². The number of hydrogen-bond donors (Lipinski definition) is 1. The molecule has 3 rings (SSSR count). The molecule has 0 bridgehead atoms. The highest BCUT2D eigenvalue weighted by Gasteiger charge is 2.21. The maximum absolute atomic E-state index is 12.4. The van der Waals surface area contributed by atoms with Crippen molar-refractivity contribution in [2.24, 2.45) is 5.10 Å².